The summed E-state index contributed by atoms with van der Waals surface area (Å²) in [5.74, 6) is 5.74. The fourth-order valence-corrected chi connectivity index (χ4v) is 3.63. The Morgan fingerprint density at radius 3 is 2.04 bits per heavy atom. The quantitative estimate of drug-likeness (QED) is 0.215. The Kier molecular flexibility index (Phi) is 3.23. The topological polar surface area (TPSA) is 17.1 Å². The Morgan fingerprint density at radius 2 is 1.27 bits per heavy atom. The first-order valence-electron chi connectivity index (χ1n) is 8.59. The summed E-state index contributed by atoms with van der Waals surface area (Å²) in [6, 6.07) is 28.2. The van der Waals surface area contributed by atoms with Crippen molar-refractivity contribution in [1.82, 2.24) is 0 Å². The SMILES string of the molecule is O=C(C#Cc1ccc2ccc3cccc4ccc1c2c34)c1ccccc1. The molecule has 0 N–H and O–H groups in total. The molecule has 0 spiro atoms. The summed E-state index contributed by atoms with van der Waals surface area (Å²) >= 11 is 0. The van der Waals surface area contributed by atoms with Gasteiger partial charge in [-0.2, -0.15) is 0 Å². The van der Waals surface area contributed by atoms with E-state index < -0.39 is 0 Å². The van der Waals surface area contributed by atoms with Crippen molar-refractivity contribution in [3.8, 4) is 11.8 Å². The van der Waals surface area contributed by atoms with E-state index in [1.165, 1.54) is 26.9 Å². The van der Waals surface area contributed by atoms with Crippen molar-refractivity contribution in [3.05, 3.63) is 96.1 Å². The van der Waals surface area contributed by atoms with Gasteiger partial charge in [0.1, 0.15) is 0 Å². The number of rotatable bonds is 1. The average molecular weight is 330 g/mol. The van der Waals surface area contributed by atoms with Gasteiger partial charge in [0, 0.05) is 11.1 Å². The highest BCUT2D eigenvalue weighted by molar-refractivity contribution is 6.24. The molecule has 5 rings (SSSR count). The molecule has 0 fully saturated rings. The molecule has 0 saturated carbocycles. The van der Waals surface area contributed by atoms with Crippen LogP contribution in [0, 0.1) is 11.8 Å². The summed E-state index contributed by atoms with van der Waals surface area (Å²) < 4.78 is 0. The van der Waals surface area contributed by atoms with Gasteiger partial charge in [-0.15, -0.1) is 0 Å². The molecule has 0 heterocycles. The molecule has 0 saturated heterocycles. The van der Waals surface area contributed by atoms with E-state index in [4.69, 9.17) is 0 Å². The number of carbonyl (C=O) groups excluding carboxylic acids is 1. The first-order valence-corrected chi connectivity index (χ1v) is 8.59. The number of hydrogen-bond acceptors (Lipinski definition) is 1. The van der Waals surface area contributed by atoms with E-state index in [1.54, 1.807) is 12.1 Å². The maximum atomic E-state index is 12.3. The van der Waals surface area contributed by atoms with Crippen LogP contribution in [0.1, 0.15) is 15.9 Å². The third kappa shape index (κ3) is 2.24. The summed E-state index contributed by atoms with van der Waals surface area (Å²) in [6.07, 6.45) is 0. The molecule has 5 aromatic rings. The van der Waals surface area contributed by atoms with Crippen LogP contribution in [-0.4, -0.2) is 5.78 Å². The van der Waals surface area contributed by atoms with Gasteiger partial charge >= 0.3 is 0 Å². The number of ketones is 1. The van der Waals surface area contributed by atoms with Gasteiger partial charge in [0.05, 0.1) is 0 Å². The Bertz CT molecular complexity index is 1320. The molecule has 1 heteroatoms. The fourth-order valence-electron chi connectivity index (χ4n) is 3.63. The molecule has 0 atom stereocenters. The Labute approximate surface area is 151 Å². The third-order valence-corrected chi connectivity index (χ3v) is 4.88. The molecular formula is C25H14O. The molecule has 0 aliphatic rings. The monoisotopic (exact) mass is 330 g/mol. The predicted octanol–water partition coefficient (Wildman–Crippen LogP) is 5.82. The van der Waals surface area contributed by atoms with Crippen LogP contribution in [0.4, 0.5) is 0 Å². The minimum Gasteiger partial charge on any atom is -0.279 e. The van der Waals surface area contributed by atoms with Gasteiger partial charge in [0.15, 0.2) is 0 Å². The van der Waals surface area contributed by atoms with Crippen LogP contribution < -0.4 is 0 Å². The first kappa shape index (κ1) is 14.7. The van der Waals surface area contributed by atoms with Crippen molar-refractivity contribution >= 4 is 38.1 Å². The smallest absolute Gasteiger partial charge is 0.236 e. The highest BCUT2D eigenvalue weighted by Gasteiger charge is 2.09. The van der Waals surface area contributed by atoms with E-state index >= 15 is 0 Å². The van der Waals surface area contributed by atoms with Crippen molar-refractivity contribution in [2.75, 3.05) is 0 Å². The molecule has 0 amide bonds. The molecule has 0 aromatic heterocycles. The predicted molar refractivity (Wildman–Crippen MR) is 108 cm³/mol. The molecule has 0 aliphatic heterocycles. The second kappa shape index (κ2) is 5.72. The Balaban J connectivity index is 1.72. The molecule has 0 radical (unpaired) electrons. The van der Waals surface area contributed by atoms with Gasteiger partial charge in [0.25, 0.3) is 0 Å². The van der Waals surface area contributed by atoms with Crippen LogP contribution in [-0.2, 0) is 0 Å². The summed E-state index contributed by atoms with van der Waals surface area (Å²) in [5.41, 5.74) is 1.51. The molecule has 0 aliphatic carbocycles. The molecule has 0 bridgehead atoms. The summed E-state index contributed by atoms with van der Waals surface area (Å²) in [4.78, 5) is 12.3. The first-order chi connectivity index (χ1) is 12.8. The van der Waals surface area contributed by atoms with Crippen molar-refractivity contribution in [2.24, 2.45) is 0 Å². The van der Waals surface area contributed by atoms with E-state index in [2.05, 4.69) is 60.4 Å². The minimum absolute atomic E-state index is 0.156. The van der Waals surface area contributed by atoms with Crippen molar-refractivity contribution < 1.29 is 4.79 Å². The maximum Gasteiger partial charge on any atom is 0.236 e. The molecule has 0 unspecified atom stereocenters. The lowest BCUT2D eigenvalue weighted by Gasteiger charge is -2.11. The van der Waals surface area contributed by atoms with Crippen molar-refractivity contribution in [3.63, 3.8) is 0 Å². The van der Waals surface area contributed by atoms with E-state index in [9.17, 15) is 4.79 Å². The maximum absolute atomic E-state index is 12.3. The van der Waals surface area contributed by atoms with E-state index in [1.807, 2.05) is 24.3 Å². The zero-order valence-electron chi connectivity index (χ0n) is 14.0. The van der Waals surface area contributed by atoms with Crippen LogP contribution in [0.25, 0.3) is 32.3 Å². The number of Topliss-reactive ketones (excluding diaryl/α,β-unsaturated/α-hetero) is 1. The lowest BCUT2D eigenvalue weighted by atomic mass is 9.92. The van der Waals surface area contributed by atoms with Crippen LogP contribution in [0.3, 0.4) is 0 Å². The highest BCUT2D eigenvalue weighted by Crippen LogP contribution is 2.35. The van der Waals surface area contributed by atoms with Crippen molar-refractivity contribution in [2.45, 2.75) is 0 Å². The van der Waals surface area contributed by atoms with Gasteiger partial charge in [-0.05, 0) is 44.3 Å². The van der Waals surface area contributed by atoms with Crippen LogP contribution in [0.5, 0.6) is 0 Å². The van der Waals surface area contributed by atoms with E-state index in [0.29, 0.717) is 5.56 Å². The Morgan fingerprint density at radius 1 is 0.615 bits per heavy atom. The lowest BCUT2D eigenvalue weighted by Crippen LogP contribution is -1.94. The standard InChI is InChI=1S/C25H14O/c26-23(18-5-2-1-3-6-18)16-14-17-9-10-21-12-11-19-7-4-8-20-13-15-22(17)25(21)24(19)20/h1-13,15H. The third-order valence-electron chi connectivity index (χ3n) is 4.88. The van der Waals surface area contributed by atoms with Crippen LogP contribution >= 0.6 is 0 Å². The summed E-state index contributed by atoms with van der Waals surface area (Å²) in [6.45, 7) is 0. The zero-order chi connectivity index (χ0) is 17.5. The van der Waals surface area contributed by atoms with Gasteiger partial charge in [-0.1, -0.05) is 84.8 Å². The summed E-state index contributed by atoms with van der Waals surface area (Å²) in [7, 11) is 0. The molecular weight excluding hydrogens is 316 g/mol. The highest BCUT2D eigenvalue weighted by atomic mass is 16.1. The molecule has 120 valence electrons. The van der Waals surface area contributed by atoms with Gasteiger partial charge in [-0.25, -0.2) is 0 Å². The largest absolute Gasteiger partial charge is 0.279 e. The van der Waals surface area contributed by atoms with Crippen LogP contribution in [0.2, 0.25) is 0 Å². The Hall–Kier alpha value is -3.63. The zero-order valence-corrected chi connectivity index (χ0v) is 14.0. The number of benzene rings is 5. The average Bonchev–Trinajstić information content (AvgIpc) is 2.71. The summed E-state index contributed by atoms with van der Waals surface area (Å²) in [5, 5.41) is 7.24. The van der Waals surface area contributed by atoms with Crippen molar-refractivity contribution in [1.29, 1.82) is 0 Å². The molecule has 26 heavy (non-hydrogen) atoms. The number of carbonyl (C=O) groups is 1. The minimum atomic E-state index is -0.156. The molecule has 1 nitrogen and oxygen atoms in total. The lowest BCUT2D eigenvalue weighted by molar-refractivity contribution is 0.105. The van der Waals surface area contributed by atoms with Gasteiger partial charge in [-0.3, -0.25) is 4.79 Å². The second-order valence-electron chi connectivity index (χ2n) is 6.41. The van der Waals surface area contributed by atoms with Gasteiger partial charge < -0.3 is 0 Å². The molecule has 5 aromatic carbocycles. The van der Waals surface area contributed by atoms with Crippen LogP contribution in [0.15, 0.2) is 84.9 Å². The fraction of sp³-hybridized carbons (Fsp3) is 0. The number of hydrogen-bond donors (Lipinski definition) is 0. The second-order valence-corrected chi connectivity index (χ2v) is 6.41. The van der Waals surface area contributed by atoms with E-state index in [-0.39, 0.29) is 5.78 Å². The van der Waals surface area contributed by atoms with E-state index in [0.717, 1.165) is 10.9 Å². The van der Waals surface area contributed by atoms with Gasteiger partial charge in [0.2, 0.25) is 5.78 Å². The normalized spacial score (nSPS) is 10.9.